The van der Waals surface area contributed by atoms with Gasteiger partial charge in [0.25, 0.3) is 0 Å². The number of hydrogen-bond acceptors (Lipinski definition) is 5. The molecule has 0 aliphatic rings. The minimum absolute atomic E-state index is 0.00309. The molecule has 0 amide bonds. The summed E-state index contributed by atoms with van der Waals surface area (Å²) in [7, 11) is -5.97. The van der Waals surface area contributed by atoms with Crippen molar-refractivity contribution in [3.8, 4) is 0 Å². The number of sulfonamides is 2. The minimum Gasteiger partial charge on any atom is -0.481 e. The Morgan fingerprint density at radius 2 is 1.71 bits per heavy atom. The van der Waals surface area contributed by atoms with Crippen molar-refractivity contribution in [2.45, 2.75) is 17.7 Å². The Kier molecular flexibility index (Phi) is 5.70. The first-order valence-corrected chi connectivity index (χ1v) is 9.06. The van der Waals surface area contributed by atoms with Crippen molar-refractivity contribution in [1.29, 1.82) is 0 Å². The number of carbonyl (C=O) groups is 1. The summed E-state index contributed by atoms with van der Waals surface area (Å²) >= 11 is 0. The molecule has 118 valence electrons. The molecule has 1 aromatic carbocycles. The van der Waals surface area contributed by atoms with Gasteiger partial charge in [0.05, 0.1) is 10.6 Å². The lowest BCUT2D eigenvalue weighted by atomic mass is 10.3. The molecule has 0 radical (unpaired) electrons. The molecule has 21 heavy (non-hydrogen) atoms. The topological polar surface area (TPSA) is 130 Å². The van der Waals surface area contributed by atoms with Gasteiger partial charge in [0.1, 0.15) is 0 Å². The predicted octanol–water partition coefficient (Wildman–Crippen LogP) is 0.201. The first-order valence-electron chi connectivity index (χ1n) is 5.92. The molecular formula is C11H16N2O6S2. The Morgan fingerprint density at radius 3 is 2.19 bits per heavy atom. The molecule has 0 aromatic heterocycles. The number of rotatable bonds is 8. The van der Waals surface area contributed by atoms with Gasteiger partial charge in [0.15, 0.2) is 0 Å². The molecule has 3 N–H and O–H groups in total. The lowest BCUT2D eigenvalue weighted by Crippen LogP contribution is -2.19. The fourth-order valence-electron chi connectivity index (χ4n) is 1.46. The number of aliphatic carboxylic acids is 1. The first-order chi connectivity index (χ1) is 9.66. The van der Waals surface area contributed by atoms with Gasteiger partial charge in [0.2, 0.25) is 20.0 Å². The summed E-state index contributed by atoms with van der Waals surface area (Å²) in [6, 6.07) is 5.17. The van der Waals surface area contributed by atoms with Gasteiger partial charge in [-0.3, -0.25) is 9.52 Å². The lowest BCUT2D eigenvalue weighted by molar-refractivity contribution is -0.137. The molecule has 1 rings (SSSR count). The van der Waals surface area contributed by atoms with Crippen LogP contribution < -0.4 is 9.44 Å². The maximum Gasteiger partial charge on any atom is 0.303 e. The average molecular weight is 336 g/mol. The van der Waals surface area contributed by atoms with E-state index in [1.165, 1.54) is 31.3 Å². The molecule has 0 saturated heterocycles. The van der Waals surface area contributed by atoms with E-state index in [4.69, 9.17) is 5.11 Å². The second-order valence-corrected chi connectivity index (χ2v) is 7.88. The van der Waals surface area contributed by atoms with E-state index in [0.717, 1.165) is 0 Å². The van der Waals surface area contributed by atoms with Crippen LogP contribution >= 0.6 is 0 Å². The maximum atomic E-state index is 11.7. The molecular weight excluding hydrogens is 320 g/mol. The molecule has 0 spiro atoms. The van der Waals surface area contributed by atoms with Crippen molar-refractivity contribution < 1.29 is 26.7 Å². The van der Waals surface area contributed by atoms with Crippen LogP contribution in [-0.4, -0.2) is 40.7 Å². The monoisotopic (exact) mass is 336 g/mol. The number of nitrogens with one attached hydrogen (secondary N) is 2. The summed E-state index contributed by atoms with van der Waals surface area (Å²) in [5.74, 6) is -1.39. The molecule has 0 atom stereocenters. The quantitative estimate of drug-likeness (QED) is 0.622. The van der Waals surface area contributed by atoms with Crippen LogP contribution in [0.2, 0.25) is 0 Å². The van der Waals surface area contributed by atoms with Crippen molar-refractivity contribution in [2.24, 2.45) is 0 Å². The molecule has 8 nitrogen and oxygen atoms in total. The number of carboxylic acid groups (broad SMARTS) is 1. The highest BCUT2D eigenvalue weighted by Gasteiger charge is 2.14. The van der Waals surface area contributed by atoms with Crippen LogP contribution in [0.15, 0.2) is 29.2 Å². The van der Waals surface area contributed by atoms with Gasteiger partial charge >= 0.3 is 5.97 Å². The Morgan fingerprint density at radius 1 is 1.14 bits per heavy atom. The van der Waals surface area contributed by atoms with Crippen molar-refractivity contribution in [3.63, 3.8) is 0 Å². The zero-order chi connectivity index (χ0) is 16.1. The maximum absolute atomic E-state index is 11.7. The third-order valence-electron chi connectivity index (χ3n) is 2.51. The van der Waals surface area contributed by atoms with Gasteiger partial charge in [-0.05, 0) is 37.7 Å². The second-order valence-electron chi connectivity index (χ2n) is 4.15. The third-order valence-corrected chi connectivity index (χ3v) is 5.31. The van der Waals surface area contributed by atoms with Gasteiger partial charge < -0.3 is 5.11 Å². The van der Waals surface area contributed by atoms with Crippen LogP contribution in [0.25, 0.3) is 0 Å². The summed E-state index contributed by atoms with van der Waals surface area (Å²) in [6.45, 7) is 0. The zero-order valence-corrected chi connectivity index (χ0v) is 12.9. The predicted molar refractivity (Wildman–Crippen MR) is 77.0 cm³/mol. The number of hydrogen-bond donors (Lipinski definition) is 3. The first kappa shape index (κ1) is 17.4. The van der Waals surface area contributed by atoms with E-state index in [1.54, 1.807) is 0 Å². The third kappa shape index (κ3) is 5.69. The van der Waals surface area contributed by atoms with E-state index >= 15 is 0 Å². The van der Waals surface area contributed by atoms with Crippen LogP contribution in [0.3, 0.4) is 0 Å². The van der Waals surface area contributed by atoms with Crippen molar-refractivity contribution >= 4 is 31.7 Å². The molecule has 10 heteroatoms. The minimum atomic E-state index is -3.66. The lowest BCUT2D eigenvalue weighted by Gasteiger charge is -2.08. The second kappa shape index (κ2) is 6.87. The number of carboxylic acids is 1. The van der Waals surface area contributed by atoms with Crippen molar-refractivity contribution in [1.82, 2.24) is 4.72 Å². The summed E-state index contributed by atoms with van der Waals surface area (Å²) < 4.78 is 50.8. The standard InChI is InChI=1S/C11H16N2O6S2/c1-12-21(18,19)10-6-4-9(5-7-10)13-20(16,17)8-2-3-11(14)15/h4-7,12-13H,2-3,8H2,1H3,(H,14,15). The van der Waals surface area contributed by atoms with E-state index in [0.29, 0.717) is 0 Å². The molecule has 0 unspecified atom stereocenters. The fourth-order valence-corrected chi connectivity index (χ4v) is 3.32. The molecule has 0 aliphatic carbocycles. The van der Waals surface area contributed by atoms with E-state index in [1.807, 2.05) is 0 Å². The van der Waals surface area contributed by atoms with Crippen LogP contribution in [-0.2, 0) is 24.8 Å². The molecule has 0 heterocycles. The molecule has 0 aliphatic heterocycles. The van der Waals surface area contributed by atoms with Crippen molar-refractivity contribution in [2.75, 3.05) is 17.5 Å². The molecule has 0 fully saturated rings. The zero-order valence-electron chi connectivity index (χ0n) is 11.2. The average Bonchev–Trinajstić information content (AvgIpc) is 2.38. The van der Waals surface area contributed by atoms with Crippen LogP contribution in [0, 0.1) is 0 Å². The van der Waals surface area contributed by atoms with E-state index in [2.05, 4.69) is 9.44 Å². The molecule has 0 bridgehead atoms. The Bertz CT molecular complexity index is 695. The van der Waals surface area contributed by atoms with Gasteiger partial charge in [-0.2, -0.15) is 0 Å². The van der Waals surface area contributed by atoms with Crippen molar-refractivity contribution in [3.05, 3.63) is 24.3 Å². The summed E-state index contributed by atoms with van der Waals surface area (Å²) in [4.78, 5) is 10.3. The Labute approximate surface area is 123 Å². The molecule has 0 saturated carbocycles. The highest BCUT2D eigenvalue weighted by Crippen LogP contribution is 2.15. The van der Waals surface area contributed by atoms with Crippen LogP contribution in [0.5, 0.6) is 0 Å². The highest BCUT2D eigenvalue weighted by molar-refractivity contribution is 7.92. The fraction of sp³-hybridized carbons (Fsp3) is 0.364. The van der Waals surface area contributed by atoms with E-state index in [9.17, 15) is 21.6 Å². The number of benzene rings is 1. The van der Waals surface area contributed by atoms with Gasteiger partial charge in [-0.15, -0.1) is 0 Å². The largest absolute Gasteiger partial charge is 0.481 e. The van der Waals surface area contributed by atoms with E-state index < -0.39 is 26.0 Å². The summed E-state index contributed by atoms with van der Waals surface area (Å²) in [6.07, 6.45) is -0.239. The smallest absolute Gasteiger partial charge is 0.303 e. The molecule has 1 aromatic rings. The normalized spacial score (nSPS) is 12.0. The van der Waals surface area contributed by atoms with Crippen LogP contribution in [0.4, 0.5) is 5.69 Å². The summed E-state index contributed by atoms with van der Waals surface area (Å²) in [5, 5.41) is 8.45. The Balaban J connectivity index is 2.73. The Hall–Kier alpha value is -1.65. The van der Waals surface area contributed by atoms with Gasteiger partial charge in [0, 0.05) is 12.1 Å². The highest BCUT2D eigenvalue weighted by atomic mass is 32.2. The van der Waals surface area contributed by atoms with Gasteiger partial charge in [-0.1, -0.05) is 0 Å². The van der Waals surface area contributed by atoms with E-state index in [-0.39, 0.29) is 29.2 Å². The van der Waals surface area contributed by atoms with Gasteiger partial charge in [-0.25, -0.2) is 21.6 Å². The number of anilines is 1. The SMILES string of the molecule is CNS(=O)(=O)c1ccc(NS(=O)(=O)CCCC(=O)O)cc1. The summed E-state index contributed by atoms with van der Waals surface area (Å²) in [5.41, 5.74) is 0.209. The van der Waals surface area contributed by atoms with Crippen LogP contribution in [0.1, 0.15) is 12.8 Å².